The van der Waals surface area contributed by atoms with Gasteiger partial charge in [0, 0.05) is 19.3 Å². The van der Waals surface area contributed by atoms with E-state index in [1.807, 2.05) is 0 Å². The molecule has 6 heteroatoms. The summed E-state index contributed by atoms with van der Waals surface area (Å²) in [6.07, 6.45) is 83.8. The highest BCUT2D eigenvalue weighted by Crippen LogP contribution is 2.13. The Bertz CT molecular complexity index is 1640. The highest BCUT2D eigenvalue weighted by Gasteiger charge is 2.19. The van der Waals surface area contributed by atoms with Crippen LogP contribution in [0.25, 0.3) is 0 Å². The third kappa shape index (κ3) is 55.8. The molecule has 0 aromatic carbocycles. The van der Waals surface area contributed by atoms with Crippen LogP contribution in [0.4, 0.5) is 0 Å². The van der Waals surface area contributed by atoms with Crippen LogP contribution < -0.4 is 0 Å². The molecule has 0 aromatic heterocycles. The number of esters is 3. The maximum Gasteiger partial charge on any atom is 0.306 e. The van der Waals surface area contributed by atoms with Gasteiger partial charge in [-0.1, -0.05) is 217 Å². The molecule has 0 N–H and O–H groups in total. The van der Waals surface area contributed by atoms with Crippen LogP contribution in [-0.2, 0) is 28.6 Å². The average Bonchev–Trinajstić information content (AvgIpc) is 3.37. The van der Waals surface area contributed by atoms with E-state index >= 15 is 0 Å². The predicted octanol–water partition coefficient (Wildman–Crippen LogP) is 19.0. The molecule has 0 aliphatic rings. The Morgan fingerprint density at radius 2 is 0.521 bits per heavy atom. The van der Waals surface area contributed by atoms with Gasteiger partial charge in [0.2, 0.25) is 0 Å². The first-order chi connectivity index (χ1) is 35.0. The number of unbranched alkanes of at least 4 members (excludes halogenated alkanes) is 11. The molecule has 0 rings (SSSR count). The van der Waals surface area contributed by atoms with Crippen molar-refractivity contribution in [2.24, 2.45) is 0 Å². The van der Waals surface area contributed by atoms with Crippen LogP contribution >= 0.6 is 0 Å². The molecular weight excluding hydrogens is 877 g/mol. The van der Waals surface area contributed by atoms with Crippen molar-refractivity contribution in [3.05, 3.63) is 158 Å². The number of ether oxygens (including phenoxy) is 3. The lowest BCUT2D eigenvalue weighted by atomic mass is 10.1. The summed E-state index contributed by atoms with van der Waals surface area (Å²) in [4.78, 5) is 38.1. The molecule has 0 amide bonds. The van der Waals surface area contributed by atoms with E-state index < -0.39 is 6.10 Å². The zero-order valence-corrected chi connectivity index (χ0v) is 45.2. The maximum atomic E-state index is 12.8. The second kappa shape index (κ2) is 57.6. The van der Waals surface area contributed by atoms with Gasteiger partial charge in [0.15, 0.2) is 6.10 Å². The molecule has 0 fully saturated rings. The minimum atomic E-state index is -0.837. The lowest BCUT2D eigenvalue weighted by Gasteiger charge is -2.18. The summed E-state index contributed by atoms with van der Waals surface area (Å²) in [5.74, 6) is -1.05. The largest absolute Gasteiger partial charge is 0.462 e. The summed E-state index contributed by atoms with van der Waals surface area (Å²) in [5, 5.41) is 0. The molecule has 0 aromatic rings. The molecule has 0 saturated carbocycles. The van der Waals surface area contributed by atoms with Gasteiger partial charge in [0.1, 0.15) is 13.2 Å². The van der Waals surface area contributed by atoms with Crippen molar-refractivity contribution in [1.29, 1.82) is 0 Å². The number of carbonyl (C=O) groups is 3. The van der Waals surface area contributed by atoms with Crippen LogP contribution in [0.2, 0.25) is 0 Å². The molecular formula is C65H100O6. The average molecular weight is 978 g/mol. The molecule has 6 nitrogen and oxygen atoms in total. The molecule has 0 radical (unpaired) electrons. The zero-order chi connectivity index (χ0) is 51.4. The van der Waals surface area contributed by atoms with Crippen LogP contribution in [0.15, 0.2) is 158 Å². The van der Waals surface area contributed by atoms with Gasteiger partial charge in [-0.3, -0.25) is 14.4 Å². The molecule has 0 aliphatic heterocycles. The van der Waals surface area contributed by atoms with Gasteiger partial charge in [-0.05, 0) is 135 Å². The van der Waals surface area contributed by atoms with Crippen molar-refractivity contribution < 1.29 is 28.6 Å². The first-order valence-corrected chi connectivity index (χ1v) is 28.0. The molecule has 71 heavy (non-hydrogen) atoms. The summed E-state index contributed by atoms with van der Waals surface area (Å²) in [6, 6.07) is 0. The number of carbonyl (C=O) groups excluding carboxylic acids is 3. The van der Waals surface area contributed by atoms with Crippen molar-refractivity contribution in [2.45, 2.75) is 219 Å². The van der Waals surface area contributed by atoms with E-state index in [0.717, 1.165) is 128 Å². The maximum absolute atomic E-state index is 12.8. The minimum Gasteiger partial charge on any atom is -0.462 e. The van der Waals surface area contributed by atoms with E-state index in [0.29, 0.717) is 19.3 Å². The topological polar surface area (TPSA) is 78.9 Å². The summed E-state index contributed by atoms with van der Waals surface area (Å²) in [7, 11) is 0. The van der Waals surface area contributed by atoms with Gasteiger partial charge in [0.25, 0.3) is 0 Å². The summed E-state index contributed by atoms with van der Waals surface area (Å²) in [5.41, 5.74) is 0. The van der Waals surface area contributed by atoms with E-state index in [1.54, 1.807) is 0 Å². The number of hydrogen-bond acceptors (Lipinski definition) is 6. The monoisotopic (exact) mass is 977 g/mol. The molecule has 1 atom stereocenters. The van der Waals surface area contributed by atoms with Gasteiger partial charge < -0.3 is 14.2 Å². The predicted molar refractivity (Wildman–Crippen MR) is 306 cm³/mol. The number of rotatable bonds is 48. The third-order valence-corrected chi connectivity index (χ3v) is 11.0. The van der Waals surface area contributed by atoms with Gasteiger partial charge in [-0.2, -0.15) is 0 Å². The van der Waals surface area contributed by atoms with Crippen LogP contribution in [0.3, 0.4) is 0 Å². The Morgan fingerprint density at radius 3 is 0.859 bits per heavy atom. The van der Waals surface area contributed by atoms with Crippen molar-refractivity contribution >= 4 is 17.9 Å². The SMILES string of the molecule is CC/C=C\C/C=C\C/C=C\C/C=C\C/C=C\CCCC(=O)OC(COC(=O)CCCC/C=C\C/C=C\C/C=C\C/C=C\CC)COC(=O)CCCCCCCCCC/C=C\C/C=C\C/C=C\C/C=C\CC. The number of allylic oxidation sites excluding steroid dienone is 26. The highest BCUT2D eigenvalue weighted by atomic mass is 16.6. The third-order valence-electron chi connectivity index (χ3n) is 11.0. The van der Waals surface area contributed by atoms with Gasteiger partial charge in [0.05, 0.1) is 0 Å². The van der Waals surface area contributed by atoms with Crippen LogP contribution in [0.5, 0.6) is 0 Å². The van der Waals surface area contributed by atoms with Crippen LogP contribution in [-0.4, -0.2) is 37.2 Å². The summed E-state index contributed by atoms with van der Waals surface area (Å²) < 4.78 is 16.8. The minimum absolute atomic E-state index is 0.126. The lowest BCUT2D eigenvalue weighted by Crippen LogP contribution is -2.30. The normalized spacial score (nSPS) is 13.3. The Morgan fingerprint density at radius 1 is 0.282 bits per heavy atom. The van der Waals surface area contributed by atoms with Crippen LogP contribution in [0, 0.1) is 0 Å². The summed E-state index contributed by atoms with van der Waals surface area (Å²) >= 11 is 0. The quantitative estimate of drug-likeness (QED) is 0.0262. The lowest BCUT2D eigenvalue weighted by molar-refractivity contribution is -0.167. The highest BCUT2D eigenvalue weighted by molar-refractivity contribution is 5.71. The second-order valence-electron chi connectivity index (χ2n) is 17.7. The van der Waals surface area contributed by atoms with Gasteiger partial charge in [-0.25, -0.2) is 0 Å². The van der Waals surface area contributed by atoms with Crippen LogP contribution in [0.1, 0.15) is 213 Å². The fourth-order valence-corrected chi connectivity index (χ4v) is 6.93. The fourth-order valence-electron chi connectivity index (χ4n) is 6.93. The van der Waals surface area contributed by atoms with Crippen molar-refractivity contribution in [1.82, 2.24) is 0 Å². The fraction of sp³-hybridized carbons (Fsp3) is 0.554. The standard InChI is InChI=1S/C65H100O6/c1-4-7-10-13-16-19-22-25-28-30-31-32-33-35-37-40-43-46-49-52-55-58-64(67)70-61-62(60-69-63(66)57-54-51-48-45-42-39-36-27-24-21-18-15-12-9-6-3)71-65(68)59-56-53-50-47-44-41-38-34-29-26-23-20-17-14-11-8-5-2/h7-12,16-21,25-29,31-32,36,38,41-42,45,47,50,62H,4-6,13-15,22-24,30,33-35,37,39-40,43-44,46,48-49,51-61H2,1-3H3/b10-7-,11-8-,12-9-,19-16-,20-17-,21-18-,28-25-,29-26-,32-31-,36-27-,41-38-,45-42-,50-47-. The Labute approximate surface area is 435 Å². The molecule has 0 spiro atoms. The molecule has 1 unspecified atom stereocenters. The van der Waals surface area contributed by atoms with Crippen molar-refractivity contribution in [3.63, 3.8) is 0 Å². The van der Waals surface area contributed by atoms with E-state index in [2.05, 4.69) is 179 Å². The van der Waals surface area contributed by atoms with Crippen molar-refractivity contribution in [2.75, 3.05) is 13.2 Å². The zero-order valence-electron chi connectivity index (χ0n) is 45.2. The molecule has 396 valence electrons. The Kier molecular flexibility index (Phi) is 53.6. The summed E-state index contributed by atoms with van der Waals surface area (Å²) in [6.45, 7) is 6.19. The Hall–Kier alpha value is -4.97. The Balaban J connectivity index is 4.56. The molecule has 0 saturated heterocycles. The molecule has 0 heterocycles. The molecule has 0 bridgehead atoms. The van der Waals surface area contributed by atoms with E-state index in [1.165, 1.54) is 32.1 Å². The molecule has 0 aliphatic carbocycles. The second-order valence-corrected chi connectivity index (χ2v) is 17.7. The van der Waals surface area contributed by atoms with Gasteiger partial charge >= 0.3 is 17.9 Å². The van der Waals surface area contributed by atoms with Gasteiger partial charge in [-0.15, -0.1) is 0 Å². The first-order valence-electron chi connectivity index (χ1n) is 28.0. The smallest absolute Gasteiger partial charge is 0.306 e. The van der Waals surface area contributed by atoms with E-state index in [9.17, 15) is 14.4 Å². The van der Waals surface area contributed by atoms with E-state index in [-0.39, 0.29) is 44.0 Å². The first kappa shape index (κ1) is 66.0. The number of hydrogen-bond donors (Lipinski definition) is 0. The van der Waals surface area contributed by atoms with Crippen molar-refractivity contribution in [3.8, 4) is 0 Å². The van der Waals surface area contributed by atoms with E-state index in [4.69, 9.17) is 14.2 Å².